The Balaban J connectivity index is 1.69. The van der Waals surface area contributed by atoms with E-state index >= 15 is 0 Å². The van der Waals surface area contributed by atoms with Crippen LogP contribution in [0.3, 0.4) is 0 Å². The van der Waals surface area contributed by atoms with Crippen molar-refractivity contribution in [3.8, 4) is 0 Å². The molecule has 1 amide bonds. The molecule has 5 nitrogen and oxygen atoms in total. The molecule has 2 aliphatic rings. The smallest absolute Gasteiger partial charge is 0.238 e. The number of halogens is 1. The Morgan fingerprint density at radius 1 is 1.57 bits per heavy atom. The van der Waals surface area contributed by atoms with Crippen LogP contribution >= 0.6 is 15.9 Å². The predicted molar refractivity (Wildman–Crippen MR) is 86.5 cm³/mol. The Labute approximate surface area is 133 Å². The minimum Gasteiger partial charge on any atom is -0.324 e. The number of amides is 1. The molecule has 1 atom stereocenters. The van der Waals surface area contributed by atoms with Crippen LogP contribution in [0.4, 0.5) is 5.69 Å². The van der Waals surface area contributed by atoms with Crippen molar-refractivity contribution in [3.63, 3.8) is 0 Å². The van der Waals surface area contributed by atoms with Crippen LogP contribution in [0.5, 0.6) is 0 Å². The van der Waals surface area contributed by atoms with E-state index in [9.17, 15) is 4.79 Å². The molecular weight excluding hydrogens is 332 g/mol. The average Bonchev–Trinajstić information content (AvgIpc) is 2.93. The van der Waals surface area contributed by atoms with E-state index in [1.807, 2.05) is 0 Å². The summed E-state index contributed by atoms with van der Waals surface area (Å²) in [5.41, 5.74) is 3.25. The van der Waals surface area contributed by atoms with E-state index in [0.29, 0.717) is 12.6 Å². The lowest BCUT2D eigenvalue weighted by Crippen LogP contribution is -2.52. The summed E-state index contributed by atoms with van der Waals surface area (Å²) in [5, 5.41) is 6.43. The summed E-state index contributed by atoms with van der Waals surface area (Å²) < 4.78 is 0.879. The van der Waals surface area contributed by atoms with Crippen molar-refractivity contribution >= 4 is 27.5 Å². The van der Waals surface area contributed by atoms with E-state index in [1.165, 1.54) is 5.56 Å². The van der Waals surface area contributed by atoms with Crippen LogP contribution in [0.1, 0.15) is 24.6 Å². The van der Waals surface area contributed by atoms with Gasteiger partial charge in [0.05, 0.1) is 16.7 Å². The summed E-state index contributed by atoms with van der Waals surface area (Å²) in [5.74, 6) is 0.0600. The van der Waals surface area contributed by atoms with Gasteiger partial charge in [-0.1, -0.05) is 0 Å². The summed E-state index contributed by atoms with van der Waals surface area (Å²) in [6.07, 6.45) is 4.94. The quantitative estimate of drug-likeness (QED) is 0.866. The fraction of sp³-hybridized carbons (Fsp3) is 0.600. The highest BCUT2D eigenvalue weighted by Gasteiger charge is 2.23. The molecule has 114 valence electrons. The molecule has 1 aromatic rings. The number of aryl methyl sites for hydroxylation is 1. The lowest BCUT2D eigenvalue weighted by molar-refractivity contribution is -0.118. The maximum absolute atomic E-state index is 12.4. The van der Waals surface area contributed by atoms with Crippen molar-refractivity contribution in [2.75, 3.05) is 31.5 Å². The zero-order valence-electron chi connectivity index (χ0n) is 12.3. The van der Waals surface area contributed by atoms with E-state index in [2.05, 4.69) is 43.4 Å². The number of pyridine rings is 1. The number of nitrogens with one attached hydrogen (secondary N) is 2. The third-order valence-corrected chi connectivity index (χ3v) is 4.91. The number of nitrogens with zero attached hydrogens (tertiary/aromatic N) is 2. The van der Waals surface area contributed by atoms with Gasteiger partial charge in [0.2, 0.25) is 5.91 Å². The molecule has 1 aliphatic heterocycles. The first-order chi connectivity index (χ1) is 10.1. The molecule has 1 unspecified atom stereocenters. The van der Waals surface area contributed by atoms with Crippen LogP contribution in [0, 0.1) is 0 Å². The maximum Gasteiger partial charge on any atom is 0.238 e. The van der Waals surface area contributed by atoms with Gasteiger partial charge in [-0.2, -0.15) is 0 Å². The van der Waals surface area contributed by atoms with E-state index in [0.717, 1.165) is 54.8 Å². The van der Waals surface area contributed by atoms with Crippen molar-refractivity contribution < 1.29 is 4.79 Å². The molecular formula is C15H21BrN4O. The monoisotopic (exact) mass is 352 g/mol. The minimum absolute atomic E-state index is 0.0600. The molecule has 1 aromatic heterocycles. The van der Waals surface area contributed by atoms with Crippen molar-refractivity contribution in [2.45, 2.75) is 32.2 Å². The summed E-state index contributed by atoms with van der Waals surface area (Å²) in [6, 6.07) is 0.399. The van der Waals surface area contributed by atoms with E-state index in [4.69, 9.17) is 0 Å². The molecule has 6 heteroatoms. The second-order valence-corrected chi connectivity index (χ2v) is 6.69. The molecule has 0 bridgehead atoms. The van der Waals surface area contributed by atoms with Gasteiger partial charge in [-0.25, -0.2) is 0 Å². The standard InChI is InChI=1S/C15H21BrN4O/c1-10-7-17-5-6-20(10)9-14(21)19-15-11-3-2-4-13(11)18-8-12(15)16/h8,10,17H,2-7,9H2,1H3,(H,18,19,21). The lowest BCUT2D eigenvalue weighted by atomic mass is 10.2. The highest BCUT2D eigenvalue weighted by Crippen LogP contribution is 2.33. The molecule has 1 aliphatic carbocycles. The molecule has 2 N–H and O–H groups in total. The number of rotatable bonds is 3. The maximum atomic E-state index is 12.4. The normalized spacial score (nSPS) is 22.1. The first-order valence-electron chi connectivity index (χ1n) is 7.56. The van der Waals surface area contributed by atoms with Gasteiger partial charge in [0.15, 0.2) is 0 Å². The molecule has 0 spiro atoms. The van der Waals surface area contributed by atoms with Crippen molar-refractivity contribution in [2.24, 2.45) is 0 Å². The molecule has 1 fully saturated rings. The first-order valence-corrected chi connectivity index (χ1v) is 8.35. The van der Waals surface area contributed by atoms with Gasteiger partial charge in [-0.3, -0.25) is 14.7 Å². The second kappa shape index (κ2) is 6.42. The number of hydrogen-bond donors (Lipinski definition) is 2. The van der Waals surface area contributed by atoms with Crippen molar-refractivity contribution in [1.29, 1.82) is 0 Å². The summed E-state index contributed by atoms with van der Waals surface area (Å²) >= 11 is 3.51. The zero-order valence-corrected chi connectivity index (χ0v) is 13.9. The Hall–Kier alpha value is -0.980. The number of carbonyl (C=O) groups is 1. The lowest BCUT2D eigenvalue weighted by Gasteiger charge is -2.33. The molecule has 2 heterocycles. The number of carbonyl (C=O) groups excluding carboxylic acids is 1. The van der Waals surface area contributed by atoms with Crippen LogP contribution in [0.15, 0.2) is 10.7 Å². The zero-order chi connectivity index (χ0) is 14.8. The van der Waals surface area contributed by atoms with Gasteiger partial charge >= 0.3 is 0 Å². The predicted octanol–water partition coefficient (Wildman–Crippen LogP) is 1.56. The molecule has 0 saturated carbocycles. The number of aromatic nitrogens is 1. The Morgan fingerprint density at radius 3 is 3.24 bits per heavy atom. The van der Waals surface area contributed by atoms with Gasteiger partial charge in [0.1, 0.15) is 0 Å². The van der Waals surface area contributed by atoms with Gasteiger partial charge in [0, 0.05) is 37.6 Å². The fourth-order valence-corrected chi connectivity index (χ4v) is 3.54. The number of anilines is 1. The topological polar surface area (TPSA) is 57.3 Å². The summed E-state index contributed by atoms with van der Waals surface area (Å²) in [7, 11) is 0. The van der Waals surface area contributed by atoms with Gasteiger partial charge in [-0.15, -0.1) is 0 Å². The summed E-state index contributed by atoms with van der Waals surface area (Å²) in [4.78, 5) is 19.0. The number of piperazine rings is 1. The van der Waals surface area contributed by atoms with Crippen LogP contribution in [0.25, 0.3) is 0 Å². The number of fused-ring (bicyclic) bond motifs is 1. The Bertz CT molecular complexity index is 549. The van der Waals surface area contributed by atoms with Gasteiger partial charge in [-0.05, 0) is 47.7 Å². The molecule has 3 rings (SSSR count). The van der Waals surface area contributed by atoms with Crippen LogP contribution in [-0.4, -0.2) is 48.0 Å². The van der Waals surface area contributed by atoms with Gasteiger partial charge in [0.25, 0.3) is 0 Å². The van der Waals surface area contributed by atoms with E-state index in [1.54, 1.807) is 6.20 Å². The second-order valence-electron chi connectivity index (χ2n) is 5.83. The Kier molecular flexibility index (Phi) is 4.57. The van der Waals surface area contributed by atoms with Crippen LogP contribution in [-0.2, 0) is 17.6 Å². The first kappa shape index (κ1) is 14.9. The van der Waals surface area contributed by atoms with Gasteiger partial charge < -0.3 is 10.6 Å². The third-order valence-electron chi connectivity index (χ3n) is 4.31. The SMILES string of the molecule is CC1CNCCN1CC(=O)Nc1c(Br)cnc2c1CCC2. The molecule has 21 heavy (non-hydrogen) atoms. The third kappa shape index (κ3) is 3.27. The molecule has 0 radical (unpaired) electrons. The largest absolute Gasteiger partial charge is 0.324 e. The van der Waals surface area contributed by atoms with Crippen molar-refractivity contribution in [1.82, 2.24) is 15.2 Å². The van der Waals surface area contributed by atoms with E-state index < -0.39 is 0 Å². The fourth-order valence-electron chi connectivity index (χ4n) is 3.10. The highest BCUT2D eigenvalue weighted by molar-refractivity contribution is 9.10. The summed E-state index contributed by atoms with van der Waals surface area (Å²) in [6.45, 7) is 5.42. The average molecular weight is 353 g/mol. The molecule has 0 aromatic carbocycles. The van der Waals surface area contributed by atoms with E-state index in [-0.39, 0.29) is 5.91 Å². The van der Waals surface area contributed by atoms with Crippen LogP contribution in [0.2, 0.25) is 0 Å². The van der Waals surface area contributed by atoms with Crippen LogP contribution < -0.4 is 10.6 Å². The highest BCUT2D eigenvalue weighted by atomic mass is 79.9. The minimum atomic E-state index is 0.0600. The number of hydrogen-bond acceptors (Lipinski definition) is 4. The molecule has 1 saturated heterocycles. The Morgan fingerprint density at radius 2 is 2.43 bits per heavy atom. The van der Waals surface area contributed by atoms with Crippen molar-refractivity contribution in [3.05, 3.63) is 21.9 Å².